The molecular weight excluding hydrogens is 117 g/mol. The molecule has 0 aromatic rings. The van der Waals surface area contributed by atoms with E-state index in [1.165, 1.54) is 6.92 Å². The summed E-state index contributed by atoms with van der Waals surface area (Å²) in [4.78, 5) is 9.73. The van der Waals surface area contributed by atoms with E-state index in [1.54, 1.807) is 0 Å². The monoisotopic (exact) mass is 123 g/mol. The maximum atomic E-state index is 9.73. The van der Waals surface area contributed by atoms with Gasteiger partial charge in [0.05, 0.1) is 0 Å². The van der Waals surface area contributed by atoms with E-state index < -0.39 is 11.7 Å². The molecule has 0 aliphatic rings. The number of nitrogens with two attached hydrogens (primary N) is 1. The standard InChI is InChI=1S/C3H6ClNO2/c1-2(4)7-3(5)6/h2H,1H3,(H2,5,6). The highest BCUT2D eigenvalue weighted by Crippen LogP contribution is 1.92. The summed E-state index contributed by atoms with van der Waals surface area (Å²) in [5, 5.41) is 0. The first-order chi connectivity index (χ1) is 3.13. The first kappa shape index (κ1) is 6.56. The summed E-state index contributed by atoms with van der Waals surface area (Å²) in [7, 11) is 0. The van der Waals surface area contributed by atoms with E-state index in [0.29, 0.717) is 0 Å². The van der Waals surface area contributed by atoms with Crippen molar-refractivity contribution < 1.29 is 9.53 Å². The van der Waals surface area contributed by atoms with Crippen molar-refractivity contribution in [2.75, 3.05) is 0 Å². The lowest BCUT2D eigenvalue weighted by atomic mass is 10.8. The van der Waals surface area contributed by atoms with Crippen molar-refractivity contribution in [3.63, 3.8) is 0 Å². The fourth-order valence-corrected chi connectivity index (χ4v) is 0.248. The highest BCUT2D eigenvalue weighted by atomic mass is 35.5. The van der Waals surface area contributed by atoms with Crippen LogP contribution in [0.4, 0.5) is 4.79 Å². The minimum atomic E-state index is -0.845. The van der Waals surface area contributed by atoms with Crippen LogP contribution in [0.5, 0.6) is 0 Å². The van der Waals surface area contributed by atoms with Crippen LogP contribution in [0, 0.1) is 0 Å². The summed E-state index contributed by atoms with van der Waals surface area (Å²) in [6.07, 6.45) is -0.845. The van der Waals surface area contributed by atoms with Gasteiger partial charge >= 0.3 is 6.09 Å². The zero-order valence-corrected chi connectivity index (χ0v) is 4.61. The second kappa shape index (κ2) is 2.69. The van der Waals surface area contributed by atoms with Gasteiger partial charge in [0.2, 0.25) is 0 Å². The molecule has 0 radical (unpaired) electrons. The van der Waals surface area contributed by atoms with Crippen LogP contribution in [0.25, 0.3) is 0 Å². The Labute approximate surface area is 46.4 Å². The van der Waals surface area contributed by atoms with Crippen LogP contribution in [0.3, 0.4) is 0 Å². The Kier molecular flexibility index (Phi) is 2.52. The molecule has 0 aliphatic carbocycles. The maximum absolute atomic E-state index is 9.73. The molecule has 7 heavy (non-hydrogen) atoms. The zero-order chi connectivity index (χ0) is 5.86. The van der Waals surface area contributed by atoms with Crippen molar-refractivity contribution in [2.45, 2.75) is 12.5 Å². The molecule has 0 aromatic heterocycles. The van der Waals surface area contributed by atoms with E-state index in [0.717, 1.165) is 0 Å². The average Bonchev–Trinajstić information content (AvgIpc) is 1.27. The Morgan fingerprint density at radius 1 is 2.00 bits per heavy atom. The fraction of sp³-hybridized carbons (Fsp3) is 0.667. The van der Waals surface area contributed by atoms with Gasteiger partial charge in [-0.1, -0.05) is 11.6 Å². The van der Waals surface area contributed by atoms with E-state index in [4.69, 9.17) is 11.6 Å². The molecule has 0 bridgehead atoms. The van der Waals surface area contributed by atoms with E-state index in [2.05, 4.69) is 10.5 Å². The van der Waals surface area contributed by atoms with Gasteiger partial charge < -0.3 is 10.5 Å². The first-order valence-corrected chi connectivity index (χ1v) is 2.16. The lowest BCUT2D eigenvalue weighted by Gasteiger charge is -1.98. The van der Waals surface area contributed by atoms with E-state index in [9.17, 15) is 4.79 Å². The summed E-state index contributed by atoms with van der Waals surface area (Å²) in [5.41, 5.74) is 3.92. The number of alkyl halides is 1. The van der Waals surface area contributed by atoms with Crippen molar-refractivity contribution in [1.82, 2.24) is 0 Å². The minimum absolute atomic E-state index is 0.627. The SMILES string of the molecule is CC(Cl)OC(N)=O. The summed E-state index contributed by atoms with van der Waals surface area (Å²) >= 11 is 5.15. The van der Waals surface area contributed by atoms with Gasteiger partial charge in [-0.15, -0.1) is 0 Å². The molecule has 4 heteroatoms. The summed E-state index contributed by atoms with van der Waals surface area (Å²) in [6.45, 7) is 1.51. The Bertz CT molecular complexity index is 73.3. The number of amides is 1. The molecule has 0 rings (SSSR count). The molecule has 0 saturated heterocycles. The maximum Gasteiger partial charge on any atom is 0.405 e. The van der Waals surface area contributed by atoms with Crippen LogP contribution in [0.1, 0.15) is 6.92 Å². The Hall–Kier alpha value is -0.440. The summed E-state index contributed by atoms with van der Waals surface area (Å²) < 4.78 is 4.15. The third-order valence-corrected chi connectivity index (χ3v) is 0.368. The van der Waals surface area contributed by atoms with Crippen LogP contribution in [0.15, 0.2) is 0 Å². The van der Waals surface area contributed by atoms with Gasteiger partial charge in [-0.2, -0.15) is 0 Å². The predicted molar refractivity (Wildman–Crippen MR) is 26.0 cm³/mol. The molecule has 1 atom stereocenters. The van der Waals surface area contributed by atoms with Gasteiger partial charge in [0.25, 0.3) is 0 Å². The number of ether oxygens (including phenoxy) is 1. The fourth-order valence-electron chi connectivity index (χ4n) is 0.160. The molecule has 0 aliphatic heterocycles. The second-order valence-electron chi connectivity index (χ2n) is 0.980. The quantitative estimate of drug-likeness (QED) is 0.521. The van der Waals surface area contributed by atoms with Gasteiger partial charge in [-0.3, -0.25) is 0 Å². The number of carbonyl (C=O) groups excluding carboxylic acids is 1. The second-order valence-corrected chi connectivity index (χ2v) is 1.59. The third-order valence-electron chi connectivity index (χ3n) is 0.279. The smallest absolute Gasteiger partial charge is 0.405 e. The number of hydrogen-bond acceptors (Lipinski definition) is 2. The van der Waals surface area contributed by atoms with Crippen molar-refractivity contribution in [1.29, 1.82) is 0 Å². The van der Waals surface area contributed by atoms with E-state index >= 15 is 0 Å². The Morgan fingerprint density at radius 2 is 2.43 bits per heavy atom. The van der Waals surface area contributed by atoms with Crippen LogP contribution in [0.2, 0.25) is 0 Å². The number of halogens is 1. The number of primary amides is 1. The van der Waals surface area contributed by atoms with Crippen LogP contribution < -0.4 is 5.73 Å². The van der Waals surface area contributed by atoms with Crippen LogP contribution in [-0.2, 0) is 4.74 Å². The van der Waals surface area contributed by atoms with Gasteiger partial charge in [-0.05, 0) is 6.92 Å². The van der Waals surface area contributed by atoms with Gasteiger partial charge in [0.15, 0.2) is 5.56 Å². The third kappa shape index (κ3) is 5.56. The van der Waals surface area contributed by atoms with Gasteiger partial charge in [0.1, 0.15) is 0 Å². The molecule has 0 saturated carbocycles. The molecule has 0 aromatic carbocycles. The van der Waals surface area contributed by atoms with Crippen molar-refractivity contribution in [2.24, 2.45) is 5.73 Å². The number of carbonyl (C=O) groups is 1. The van der Waals surface area contributed by atoms with Crippen LogP contribution >= 0.6 is 11.6 Å². The van der Waals surface area contributed by atoms with Crippen LogP contribution in [-0.4, -0.2) is 11.7 Å². The van der Waals surface area contributed by atoms with E-state index in [-0.39, 0.29) is 0 Å². The summed E-state index contributed by atoms with van der Waals surface area (Å²) in [6, 6.07) is 0. The number of hydrogen-bond donors (Lipinski definition) is 1. The first-order valence-electron chi connectivity index (χ1n) is 1.73. The molecule has 2 N–H and O–H groups in total. The largest absolute Gasteiger partial charge is 0.430 e. The zero-order valence-electron chi connectivity index (χ0n) is 3.85. The lowest BCUT2D eigenvalue weighted by Crippen LogP contribution is -2.16. The molecule has 42 valence electrons. The lowest BCUT2D eigenvalue weighted by molar-refractivity contribution is 0.149. The van der Waals surface area contributed by atoms with Crippen molar-refractivity contribution in [3.8, 4) is 0 Å². The highest BCUT2D eigenvalue weighted by Gasteiger charge is 1.96. The molecule has 1 unspecified atom stereocenters. The molecule has 0 fully saturated rings. The van der Waals surface area contributed by atoms with Gasteiger partial charge in [-0.25, -0.2) is 4.79 Å². The Balaban J connectivity index is 3.13. The molecule has 0 heterocycles. The average molecular weight is 124 g/mol. The molecule has 3 nitrogen and oxygen atoms in total. The van der Waals surface area contributed by atoms with Gasteiger partial charge in [0, 0.05) is 0 Å². The van der Waals surface area contributed by atoms with Crippen molar-refractivity contribution in [3.05, 3.63) is 0 Å². The minimum Gasteiger partial charge on any atom is -0.430 e. The van der Waals surface area contributed by atoms with Crippen molar-refractivity contribution >= 4 is 17.7 Å². The molecule has 0 spiro atoms. The summed E-state index contributed by atoms with van der Waals surface area (Å²) in [5.74, 6) is 0. The van der Waals surface area contributed by atoms with E-state index in [1.807, 2.05) is 0 Å². The predicted octanol–water partition coefficient (Wildman–Crippen LogP) is 0.667. The molecule has 1 amide bonds. The Morgan fingerprint density at radius 3 is 2.43 bits per heavy atom. The normalized spacial score (nSPS) is 12.9. The molecular formula is C3H6ClNO2. The highest BCUT2D eigenvalue weighted by molar-refractivity contribution is 6.19. The number of rotatable bonds is 1. The topological polar surface area (TPSA) is 52.3 Å².